The maximum absolute atomic E-state index is 13.6. The van der Waals surface area contributed by atoms with E-state index in [1.165, 1.54) is 19.5 Å². The van der Waals surface area contributed by atoms with Crippen LogP contribution in [-0.2, 0) is 0 Å². The molecule has 0 fully saturated rings. The van der Waals surface area contributed by atoms with Crippen LogP contribution in [0.15, 0.2) is 49.1 Å². The number of methoxy groups -OCH3 is 1. The summed E-state index contributed by atoms with van der Waals surface area (Å²) >= 11 is 0. The molecule has 0 amide bonds. The Morgan fingerprint density at radius 1 is 1.08 bits per heavy atom. The molecule has 0 bridgehead atoms. The fourth-order valence-electron chi connectivity index (χ4n) is 2.64. The molecule has 4 rings (SSSR count). The van der Waals surface area contributed by atoms with Gasteiger partial charge in [-0.2, -0.15) is 5.10 Å². The first-order valence-corrected chi connectivity index (χ1v) is 8.35. The zero-order chi connectivity index (χ0) is 18.7. The molecule has 0 aliphatic heterocycles. The Bertz CT molecular complexity index is 1040. The van der Waals surface area contributed by atoms with Gasteiger partial charge in [0.1, 0.15) is 12.0 Å². The average molecular weight is 353 g/mol. The van der Waals surface area contributed by atoms with Crippen molar-refractivity contribution in [3.63, 3.8) is 0 Å². The molecule has 0 saturated carbocycles. The zero-order valence-electron chi connectivity index (χ0n) is 15.1. The number of rotatable bonds is 3. The highest BCUT2D eigenvalue weighted by molar-refractivity contribution is 5.60. The summed E-state index contributed by atoms with van der Waals surface area (Å²) in [4.78, 5) is 8.62. The summed E-state index contributed by atoms with van der Waals surface area (Å²) in [5, 5.41) is 4.30. The van der Waals surface area contributed by atoms with E-state index in [0.29, 0.717) is 11.4 Å². The second-order valence-corrected chi connectivity index (χ2v) is 5.36. The fourth-order valence-corrected chi connectivity index (χ4v) is 2.64. The zero-order valence-corrected chi connectivity index (χ0v) is 15.1. The number of benzene rings is 1. The van der Waals surface area contributed by atoms with Gasteiger partial charge in [0, 0.05) is 23.7 Å². The summed E-state index contributed by atoms with van der Waals surface area (Å²) in [7, 11) is 1.43. The lowest BCUT2D eigenvalue weighted by molar-refractivity contribution is 0.386. The molecule has 4 aromatic rings. The largest absolute Gasteiger partial charge is 0.494 e. The lowest BCUT2D eigenvalue weighted by Crippen LogP contribution is -2.02. The van der Waals surface area contributed by atoms with Crippen molar-refractivity contribution in [1.82, 2.24) is 24.1 Å². The van der Waals surface area contributed by atoms with E-state index in [9.17, 15) is 4.39 Å². The second-order valence-electron chi connectivity index (χ2n) is 5.36. The van der Waals surface area contributed by atoms with E-state index >= 15 is 0 Å². The van der Waals surface area contributed by atoms with Crippen molar-refractivity contribution in [3.05, 3.63) is 60.6 Å². The number of fused-ring (bicyclic) bond motifs is 1. The van der Waals surface area contributed by atoms with Crippen molar-refractivity contribution in [1.29, 1.82) is 0 Å². The van der Waals surface area contributed by atoms with Gasteiger partial charge in [0.05, 0.1) is 12.8 Å². The summed E-state index contributed by atoms with van der Waals surface area (Å²) in [6, 6.07) is 8.45. The maximum Gasteiger partial charge on any atom is 0.165 e. The first-order valence-electron chi connectivity index (χ1n) is 8.35. The number of nitrogens with zero attached hydrogens (tertiary/aromatic N) is 5. The quantitative estimate of drug-likeness (QED) is 0.557. The monoisotopic (exact) mass is 353 g/mol. The van der Waals surface area contributed by atoms with E-state index < -0.39 is 5.82 Å². The van der Waals surface area contributed by atoms with Gasteiger partial charge >= 0.3 is 0 Å². The van der Waals surface area contributed by atoms with Crippen LogP contribution in [0.2, 0.25) is 0 Å². The molecule has 0 aliphatic rings. The number of hydrogen-bond donors (Lipinski definition) is 0. The van der Waals surface area contributed by atoms with Crippen LogP contribution in [-0.4, -0.2) is 31.3 Å². The molecule has 0 saturated heterocycles. The molecule has 6 nitrogen and oxygen atoms in total. The third kappa shape index (κ3) is 3.03. The molecule has 0 N–H and O–H groups in total. The van der Waals surface area contributed by atoms with Gasteiger partial charge in [-0.3, -0.25) is 0 Å². The number of halogens is 1. The second kappa shape index (κ2) is 7.35. The average Bonchev–Trinajstić information content (AvgIpc) is 3.31. The highest BCUT2D eigenvalue weighted by Gasteiger charge is 2.13. The third-order valence-corrected chi connectivity index (χ3v) is 3.88. The first-order chi connectivity index (χ1) is 12.7. The molecule has 1 aromatic carbocycles. The number of aromatic nitrogens is 5. The Kier molecular flexibility index (Phi) is 4.97. The molecular weight excluding hydrogens is 333 g/mol. The topological polar surface area (TPSA) is 57.2 Å². The lowest BCUT2D eigenvalue weighted by atomic mass is 10.2. The Morgan fingerprint density at radius 2 is 1.88 bits per heavy atom. The smallest absolute Gasteiger partial charge is 0.165 e. The van der Waals surface area contributed by atoms with E-state index in [-0.39, 0.29) is 5.75 Å². The molecule has 0 aliphatic carbocycles. The summed E-state index contributed by atoms with van der Waals surface area (Å²) < 4.78 is 22.4. The minimum atomic E-state index is -0.414. The van der Waals surface area contributed by atoms with E-state index in [0.717, 1.165) is 17.0 Å². The molecular formula is C19H20FN5O. The van der Waals surface area contributed by atoms with Crippen LogP contribution < -0.4 is 4.74 Å². The third-order valence-electron chi connectivity index (χ3n) is 3.88. The Hall–Kier alpha value is -3.22. The molecule has 134 valence electrons. The van der Waals surface area contributed by atoms with Crippen molar-refractivity contribution < 1.29 is 9.13 Å². The Balaban J connectivity index is 0.000000948. The number of imidazole rings is 1. The van der Waals surface area contributed by atoms with Crippen LogP contribution in [0.3, 0.4) is 0 Å². The van der Waals surface area contributed by atoms with Crippen LogP contribution in [0.1, 0.15) is 19.5 Å². The highest BCUT2D eigenvalue weighted by atomic mass is 19.1. The number of ether oxygens (including phenoxy) is 1. The Labute approximate surface area is 150 Å². The summed E-state index contributed by atoms with van der Waals surface area (Å²) in [6.07, 6.45) is 5.22. The maximum atomic E-state index is 13.6. The molecule has 0 unspecified atom stereocenters. The normalized spacial score (nSPS) is 10.5. The molecule has 3 aromatic heterocycles. The van der Waals surface area contributed by atoms with Gasteiger partial charge in [0.2, 0.25) is 0 Å². The van der Waals surface area contributed by atoms with Gasteiger partial charge in [0.15, 0.2) is 17.4 Å². The van der Waals surface area contributed by atoms with E-state index in [1.807, 2.05) is 49.7 Å². The lowest BCUT2D eigenvalue weighted by Gasteiger charge is -2.09. The minimum Gasteiger partial charge on any atom is -0.494 e. The van der Waals surface area contributed by atoms with Gasteiger partial charge in [-0.05, 0) is 37.3 Å². The molecule has 0 radical (unpaired) electrons. The summed E-state index contributed by atoms with van der Waals surface area (Å²) in [6.45, 7) is 5.98. The van der Waals surface area contributed by atoms with Crippen molar-refractivity contribution in [2.75, 3.05) is 7.11 Å². The van der Waals surface area contributed by atoms with Gasteiger partial charge in [-0.15, -0.1) is 0 Å². The van der Waals surface area contributed by atoms with E-state index in [1.54, 1.807) is 16.8 Å². The summed E-state index contributed by atoms with van der Waals surface area (Å²) in [5.41, 5.74) is 3.44. The van der Waals surface area contributed by atoms with Crippen LogP contribution in [0, 0.1) is 12.7 Å². The van der Waals surface area contributed by atoms with Crippen molar-refractivity contribution in [3.8, 4) is 22.8 Å². The van der Waals surface area contributed by atoms with E-state index in [2.05, 4.69) is 15.1 Å². The fraction of sp³-hybridized carbons (Fsp3) is 0.211. The summed E-state index contributed by atoms with van der Waals surface area (Å²) in [5.74, 6) is 0.358. The van der Waals surface area contributed by atoms with Crippen molar-refractivity contribution in [2.45, 2.75) is 20.8 Å². The van der Waals surface area contributed by atoms with Crippen LogP contribution in [0.25, 0.3) is 22.7 Å². The van der Waals surface area contributed by atoms with Crippen molar-refractivity contribution in [2.24, 2.45) is 0 Å². The van der Waals surface area contributed by atoms with Gasteiger partial charge in [-0.25, -0.2) is 19.0 Å². The van der Waals surface area contributed by atoms with Crippen LogP contribution in [0.5, 0.6) is 5.75 Å². The standard InChI is InChI=1S/C17H14FN5O.C2H6/c1-11-8-19-16-6-4-13(9-22(11)16)23-17(20-10-21-23)12-3-5-14(18)15(7-12)24-2;1-2/h3-10H,1-2H3;1-2H3. The predicted octanol–water partition coefficient (Wildman–Crippen LogP) is 4.06. The number of pyridine rings is 1. The number of aryl methyl sites for hydroxylation is 1. The SMILES string of the molecule is CC.COc1cc(-c2ncnn2-c2ccc3ncc(C)n3c2)ccc1F. The Morgan fingerprint density at radius 3 is 2.65 bits per heavy atom. The number of hydrogen-bond acceptors (Lipinski definition) is 4. The van der Waals surface area contributed by atoms with Crippen LogP contribution >= 0.6 is 0 Å². The highest BCUT2D eigenvalue weighted by Crippen LogP contribution is 2.26. The van der Waals surface area contributed by atoms with Crippen molar-refractivity contribution >= 4 is 5.65 Å². The molecule has 3 heterocycles. The molecule has 0 spiro atoms. The molecule has 7 heteroatoms. The van der Waals surface area contributed by atoms with Gasteiger partial charge in [0.25, 0.3) is 0 Å². The predicted molar refractivity (Wildman–Crippen MR) is 98.1 cm³/mol. The first kappa shape index (κ1) is 17.6. The molecule has 26 heavy (non-hydrogen) atoms. The van der Waals surface area contributed by atoms with Gasteiger partial charge < -0.3 is 9.14 Å². The molecule has 0 atom stereocenters. The van der Waals surface area contributed by atoms with E-state index in [4.69, 9.17) is 4.74 Å². The van der Waals surface area contributed by atoms with Crippen LogP contribution in [0.4, 0.5) is 4.39 Å². The minimum absolute atomic E-state index is 0.169. The van der Waals surface area contributed by atoms with Gasteiger partial charge in [-0.1, -0.05) is 13.8 Å².